The lowest BCUT2D eigenvalue weighted by molar-refractivity contribution is -0.140. The predicted octanol–water partition coefficient (Wildman–Crippen LogP) is 3.11. The SMILES string of the molecule is CC[C@H](C(=O)NC)N(Cc1ccc(F)cc1)C(=O)CN(c1ccc(C)c(Cl)c1)S(C)(=O)=O. The van der Waals surface area contributed by atoms with E-state index in [4.69, 9.17) is 11.6 Å². The molecule has 0 fully saturated rings. The van der Waals surface area contributed by atoms with Gasteiger partial charge in [0, 0.05) is 18.6 Å². The van der Waals surface area contributed by atoms with Crippen molar-refractivity contribution in [3.05, 3.63) is 64.4 Å². The molecule has 0 heterocycles. The molecule has 0 aliphatic rings. The van der Waals surface area contributed by atoms with E-state index in [2.05, 4.69) is 5.32 Å². The summed E-state index contributed by atoms with van der Waals surface area (Å²) in [5, 5.41) is 2.90. The second kappa shape index (κ2) is 10.8. The average Bonchev–Trinajstić information content (AvgIpc) is 2.74. The van der Waals surface area contributed by atoms with E-state index in [1.165, 1.54) is 42.3 Å². The van der Waals surface area contributed by atoms with Gasteiger partial charge in [0.15, 0.2) is 0 Å². The molecule has 0 aromatic heterocycles. The van der Waals surface area contributed by atoms with Crippen molar-refractivity contribution < 1.29 is 22.4 Å². The number of anilines is 1. The monoisotopic (exact) mass is 483 g/mol. The topological polar surface area (TPSA) is 86.8 Å². The summed E-state index contributed by atoms with van der Waals surface area (Å²) in [4.78, 5) is 27.1. The molecule has 0 aliphatic heterocycles. The standard InChI is InChI=1S/C22H27ClFN3O4S/c1-5-20(22(29)25-3)26(13-16-7-9-17(24)10-8-16)21(28)14-27(32(4,30)31)18-11-6-15(2)19(23)12-18/h6-12,20H,5,13-14H2,1-4H3,(H,25,29)/t20-/m1/s1. The van der Waals surface area contributed by atoms with Gasteiger partial charge in [0.1, 0.15) is 18.4 Å². The highest BCUT2D eigenvalue weighted by molar-refractivity contribution is 7.92. The van der Waals surface area contributed by atoms with Crippen LogP contribution >= 0.6 is 11.6 Å². The molecule has 0 unspecified atom stereocenters. The first-order valence-electron chi connectivity index (χ1n) is 9.97. The number of benzene rings is 2. The maximum Gasteiger partial charge on any atom is 0.244 e. The molecule has 10 heteroatoms. The fourth-order valence-electron chi connectivity index (χ4n) is 3.22. The zero-order chi connectivity index (χ0) is 24.1. The summed E-state index contributed by atoms with van der Waals surface area (Å²) in [5.74, 6) is -1.39. The summed E-state index contributed by atoms with van der Waals surface area (Å²) in [7, 11) is -2.37. The second-order valence-electron chi connectivity index (χ2n) is 7.39. The molecule has 0 bridgehead atoms. The summed E-state index contributed by atoms with van der Waals surface area (Å²) < 4.78 is 39.3. The highest BCUT2D eigenvalue weighted by Crippen LogP contribution is 2.25. The molecule has 0 aliphatic carbocycles. The fraction of sp³-hybridized carbons (Fsp3) is 0.364. The average molecular weight is 484 g/mol. The normalized spacial score (nSPS) is 12.2. The van der Waals surface area contributed by atoms with E-state index in [9.17, 15) is 22.4 Å². The number of nitrogens with zero attached hydrogens (tertiary/aromatic N) is 2. The molecule has 0 spiro atoms. The lowest BCUT2D eigenvalue weighted by atomic mass is 10.1. The number of nitrogens with one attached hydrogen (secondary N) is 1. The Hall–Kier alpha value is -2.65. The summed E-state index contributed by atoms with van der Waals surface area (Å²) in [5.41, 5.74) is 1.61. The van der Waals surface area contributed by atoms with Gasteiger partial charge in [-0.3, -0.25) is 13.9 Å². The van der Waals surface area contributed by atoms with Crippen molar-refractivity contribution in [2.45, 2.75) is 32.9 Å². The fourth-order valence-corrected chi connectivity index (χ4v) is 4.24. The van der Waals surface area contributed by atoms with Crippen LogP contribution in [0.5, 0.6) is 0 Å². The van der Waals surface area contributed by atoms with Crippen molar-refractivity contribution in [3.8, 4) is 0 Å². The van der Waals surface area contributed by atoms with E-state index in [1.54, 1.807) is 26.0 Å². The molecule has 32 heavy (non-hydrogen) atoms. The number of carbonyl (C=O) groups excluding carboxylic acids is 2. The minimum Gasteiger partial charge on any atom is -0.357 e. The zero-order valence-electron chi connectivity index (χ0n) is 18.4. The van der Waals surface area contributed by atoms with Gasteiger partial charge in [0.25, 0.3) is 0 Å². The van der Waals surface area contributed by atoms with Gasteiger partial charge < -0.3 is 10.2 Å². The first kappa shape index (κ1) is 25.6. The van der Waals surface area contributed by atoms with E-state index >= 15 is 0 Å². The van der Waals surface area contributed by atoms with Crippen LogP contribution in [0.3, 0.4) is 0 Å². The highest BCUT2D eigenvalue weighted by Gasteiger charge is 2.31. The Morgan fingerprint density at radius 3 is 2.28 bits per heavy atom. The number of likely N-dealkylation sites (N-methyl/N-ethyl adjacent to an activating group) is 1. The Bertz CT molecular complexity index is 1080. The minimum atomic E-state index is -3.84. The molecule has 0 radical (unpaired) electrons. The lowest BCUT2D eigenvalue weighted by Gasteiger charge is -2.32. The third-order valence-electron chi connectivity index (χ3n) is 5.02. The Morgan fingerprint density at radius 2 is 1.78 bits per heavy atom. The van der Waals surface area contributed by atoms with E-state index in [-0.39, 0.29) is 18.1 Å². The molecule has 1 N–H and O–H groups in total. The number of hydrogen-bond donors (Lipinski definition) is 1. The van der Waals surface area contributed by atoms with Crippen LogP contribution in [0.15, 0.2) is 42.5 Å². The summed E-state index contributed by atoms with van der Waals surface area (Å²) in [6, 6.07) is 9.42. The minimum absolute atomic E-state index is 0.0112. The van der Waals surface area contributed by atoms with Crippen LogP contribution in [0.1, 0.15) is 24.5 Å². The van der Waals surface area contributed by atoms with Crippen molar-refractivity contribution in [2.24, 2.45) is 0 Å². The largest absolute Gasteiger partial charge is 0.357 e. The van der Waals surface area contributed by atoms with Crippen LogP contribution in [0.4, 0.5) is 10.1 Å². The van der Waals surface area contributed by atoms with Gasteiger partial charge in [-0.1, -0.05) is 36.7 Å². The van der Waals surface area contributed by atoms with Crippen LogP contribution < -0.4 is 9.62 Å². The van der Waals surface area contributed by atoms with E-state index in [0.717, 1.165) is 16.1 Å². The Morgan fingerprint density at radius 1 is 1.16 bits per heavy atom. The third kappa shape index (κ3) is 6.43. The quantitative estimate of drug-likeness (QED) is 0.593. The van der Waals surface area contributed by atoms with Gasteiger partial charge in [-0.15, -0.1) is 0 Å². The highest BCUT2D eigenvalue weighted by atomic mass is 35.5. The molecule has 0 saturated carbocycles. The molecule has 0 saturated heterocycles. The predicted molar refractivity (Wildman–Crippen MR) is 123 cm³/mol. The third-order valence-corrected chi connectivity index (χ3v) is 6.57. The molecule has 174 valence electrons. The van der Waals surface area contributed by atoms with Gasteiger partial charge in [-0.05, 0) is 48.7 Å². The van der Waals surface area contributed by atoms with Crippen molar-refractivity contribution in [3.63, 3.8) is 0 Å². The first-order chi connectivity index (χ1) is 15.0. The molecule has 2 rings (SSSR count). The Balaban J connectivity index is 2.43. The van der Waals surface area contributed by atoms with Crippen LogP contribution in [-0.4, -0.2) is 51.0 Å². The van der Waals surface area contributed by atoms with Gasteiger partial charge in [0.2, 0.25) is 21.8 Å². The number of halogens is 2. The number of carbonyl (C=O) groups is 2. The van der Waals surface area contributed by atoms with Crippen LogP contribution in [0, 0.1) is 12.7 Å². The summed E-state index contributed by atoms with van der Waals surface area (Å²) in [6.07, 6.45) is 1.30. The van der Waals surface area contributed by atoms with E-state index in [1.807, 2.05) is 0 Å². The number of amides is 2. The van der Waals surface area contributed by atoms with Crippen LogP contribution in [0.25, 0.3) is 0 Å². The molecular weight excluding hydrogens is 457 g/mol. The molecule has 2 amide bonds. The second-order valence-corrected chi connectivity index (χ2v) is 9.70. The van der Waals surface area contributed by atoms with Gasteiger partial charge >= 0.3 is 0 Å². The van der Waals surface area contributed by atoms with Crippen molar-refractivity contribution >= 4 is 39.1 Å². The number of rotatable bonds is 9. The maximum atomic E-state index is 13.4. The van der Waals surface area contributed by atoms with E-state index < -0.39 is 34.3 Å². The number of sulfonamides is 1. The van der Waals surface area contributed by atoms with Gasteiger partial charge in [-0.25, -0.2) is 12.8 Å². The number of aryl methyl sites for hydroxylation is 1. The van der Waals surface area contributed by atoms with Gasteiger partial charge in [-0.2, -0.15) is 0 Å². The summed E-state index contributed by atoms with van der Waals surface area (Å²) in [6.45, 7) is 3.02. The number of hydrogen-bond acceptors (Lipinski definition) is 4. The molecule has 1 atom stereocenters. The smallest absolute Gasteiger partial charge is 0.244 e. The van der Waals surface area contributed by atoms with Crippen molar-refractivity contribution in [2.75, 3.05) is 24.2 Å². The molecular formula is C22H27ClFN3O4S. The molecule has 7 nitrogen and oxygen atoms in total. The van der Waals surface area contributed by atoms with Crippen molar-refractivity contribution in [1.29, 1.82) is 0 Å². The van der Waals surface area contributed by atoms with E-state index in [0.29, 0.717) is 17.0 Å². The van der Waals surface area contributed by atoms with Crippen LogP contribution in [-0.2, 0) is 26.2 Å². The zero-order valence-corrected chi connectivity index (χ0v) is 20.0. The first-order valence-corrected chi connectivity index (χ1v) is 12.2. The van der Waals surface area contributed by atoms with Gasteiger partial charge in [0.05, 0.1) is 11.9 Å². The van der Waals surface area contributed by atoms with Crippen LogP contribution in [0.2, 0.25) is 5.02 Å². The molecule has 2 aromatic carbocycles. The van der Waals surface area contributed by atoms with Crippen molar-refractivity contribution in [1.82, 2.24) is 10.2 Å². The maximum absolute atomic E-state index is 13.4. The Kier molecular flexibility index (Phi) is 8.63. The lowest BCUT2D eigenvalue weighted by Crippen LogP contribution is -2.51. The Labute approximate surface area is 193 Å². The summed E-state index contributed by atoms with van der Waals surface area (Å²) >= 11 is 6.16. The molecule has 2 aromatic rings.